The Labute approximate surface area is 288 Å². The van der Waals surface area contributed by atoms with Crippen molar-refractivity contribution >= 4 is 39.2 Å². The lowest BCUT2D eigenvalue weighted by Crippen LogP contribution is -2.29. The van der Waals surface area contributed by atoms with E-state index < -0.39 is 27.7 Å². The average Bonchev–Trinajstić information content (AvgIpc) is 3.00. The molecule has 0 heterocycles. The fourth-order valence-electron chi connectivity index (χ4n) is 5.46. The van der Waals surface area contributed by atoms with Crippen molar-refractivity contribution in [1.29, 1.82) is 0 Å². The van der Waals surface area contributed by atoms with Crippen molar-refractivity contribution in [2.45, 2.75) is 53.4 Å². The standard InChI is InChI=1S/C38H43ClN2O6S/c1-24-21-30(39)13-17-33(24)34-18-14-31(22-25(34)2)41-37(43)35(28-11-15-32(16-12-28)47-23-38(4,5)6)26(3)27-7-9-29(10-8-27)36(42)40-19-20-48(44,45)46/h7-18,21-22,26,35H,19-20,23H2,1-6H3,(H,40,42)(H,41,43)(H,44,45,46). The number of hydrogen-bond donors (Lipinski definition) is 3. The molecule has 0 spiro atoms. The lowest BCUT2D eigenvalue weighted by atomic mass is 9.81. The zero-order chi connectivity index (χ0) is 35.2. The number of ether oxygens (including phenoxy) is 1. The van der Waals surface area contributed by atoms with Gasteiger partial charge in [-0.25, -0.2) is 0 Å². The summed E-state index contributed by atoms with van der Waals surface area (Å²) in [6.45, 7) is 12.6. The molecule has 254 valence electrons. The number of benzene rings is 4. The van der Waals surface area contributed by atoms with Crippen molar-refractivity contribution < 1.29 is 27.3 Å². The van der Waals surface area contributed by atoms with Gasteiger partial charge in [0.25, 0.3) is 16.0 Å². The van der Waals surface area contributed by atoms with E-state index in [-0.39, 0.29) is 23.8 Å². The van der Waals surface area contributed by atoms with Gasteiger partial charge in [0.1, 0.15) is 5.75 Å². The van der Waals surface area contributed by atoms with E-state index in [2.05, 4.69) is 31.4 Å². The smallest absolute Gasteiger partial charge is 0.266 e. The molecule has 0 aliphatic rings. The average molecular weight is 691 g/mol. The van der Waals surface area contributed by atoms with E-state index in [1.807, 2.05) is 81.4 Å². The van der Waals surface area contributed by atoms with Gasteiger partial charge in [0.05, 0.1) is 18.3 Å². The molecule has 2 amide bonds. The summed E-state index contributed by atoms with van der Waals surface area (Å²) < 4.78 is 36.9. The van der Waals surface area contributed by atoms with E-state index in [4.69, 9.17) is 20.9 Å². The molecular weight excluding hydrogens is 648 g/mol. The number of aryl methyl sites for hydroxylation is 2. The lowest BCUT2D eigenvalue weighted by molar-refractivity contribution is -0.118. The molecule has 0 aliphatic carbocycles. The molecule has 0 fully saturated rings. The third-order valence-corrected chi connectivity index (χ3v) is 8.97. The summed E-state index contributed by atoms with van der Waals surface area (Å²) in [6.07, 6.45) is 0. The Hall–Kier alpha value is -4.18. The van der Waals surface area contributed by atoms with Crippen LogP contribution in [-0.4, -0.2) is 43.7 Å². The van der Waals surface area contributed by atoms with E-state index in [0.717, 1.165) is 33.4 Å². The summed E-state index contributed by atoms with van der Waals surface area (Å²) in [6, 6.07) is 26.1. The second-order valence-corrected chi connectivity index (χ2v) is 15.3. The first-order chi connectivity index (χ1) is 22.5. The first-order valence-electron chi connectivity index (χ1n) is 15.7. The fraction of sp³-hybridized carbons (Fsp3) is 0.316. The Kier molecular flexibility index (Phi) is 11.7. The van der Waals surface area contributed by atoms with E-state index in [0.29, 0.717) is 28.6 Å². The maximum atomic E-state index is 14.1. The normalized spacial score (nSPS) is 13.0. The van der Waals surface area contributed by atoms with Crippen molar-refractivity contribution in [2.75, 3.05) is 24.2 Å². The van der Waals surface area contributed by atoms with E-state index >= 15 is 0 Å². The summed E-state index contributed by atoms with van der Waals surface area (Å²) in [4.78, 5) is 26.6. The van der Waals surface area contributed by atoms with Crippen molar-refractivity contribution in [3.05, 3.63) is 118 Å². The maximum Gasteiger partial charge on any atom is 0.266 e. The first-order valence-corrected chi connectivity index (χ1v) is 17.7. The zero-order valence-electron chi connectivity index (χ0n) is 28.1. The van der Waals surface area contributed by atoms with Gasteiger partial charge in [0.15, 0.2) is 0 Å². The predicted octanol–water partition coefficient (Wildman–Crippen LogP) is 8.19. The topological polar surface area (TPSA) is 122 Å². The van der Waals surface area contributed by atoms with Crippen LogP contribution in [0, 0.1) is 19.3 Å². The van der Waals surface area contributed by atoms with Gasteiger partial charge in [-0.3, -0.25) is 14.1 Å². The summed E-state index contributed by atoms with van der Waals surface area (Å²) in [5.41, 5.74) is 6.84. The van der Waals surface area contributed by atoms with Crippen LogP contribution in [0.5, 0.6) is 5.75 Å². The number of carbonyl (C=O) groups is 2. The summed E-state index contributed by atoms with van der Waals surface area (Å²) in [5.74, 6) is -1.39. The van der Waals surface area contributed by atoms with Gasteiger partial charge in [-0.1, -0.05) is 75.7 Å². The minimum absolute atomic E-state index is 0.00482. The highest BCUT2D eigenvalue weighted by Gasteiger charge is 2.29. The molecule has 4 rings (SSSR count). The van der Waals surface area contributed by atoms with Gasteiger partial charge in [-0.15, -0.1) is 0 Å². The number of anilines is 1. The molecule has 4 aromatic rings. The SMILES string of the molecule is Cc1cc(Cl)ccc1-c1ccc(NC(=O)C(c2ccc(OCC(C)(C)C)cc2)C(C)c2ccc(C(=O)NCCS(=O)(=O)O)cc2)cc1C. The van der Waals surface area contributed by atoms with Crippen LogP contribution in [0.2, 0.25) is 5.02 Å². The molecule has 2 atom stereocenters. The summed E-state index contributed by atoms with van der Waals surface area (Å²) in [5, 5.41) is 6.30. The quantitative estimate of drug-likeness (QED) is 0.129. The maximum absolute atomic E-state index is 14.1. The second-order valence-electron chi connectivity index (χ2n) is 13.3. The Morgan fingerprint density at radius 3 is 2.00 bits per heavy atom. The van der Waals surface area contributed by atoms with Crippen LogP contribution < -0.4 is 15.4 Å². The third kappa shape index (κ3) is 10.2. The second kappa shape index (κ2) is 15.4. The van der Waals surface area contributed by atoms with Crippen molar-refractivity contribution in [2.24, 2.45) is 5.41 Å². The Morgan fingerprint density at radius 2 is 1.44 bits per heavy atom. The van der Waals surface area contributed by atoms with Gasteiger partial charge in [-0.05, 0) is 107 Å². The van der Waals surface area contributed by atoms with Gasteiger partial charge in [0, 0.05) is 22.8 Å². The molecule has 0 aliphatic heterocycles. The van der Waals surface area contributed by atoms with E-state index in [1.165, 1.54) is 0 Å². The monoisotopic (exact) mass is 690 g/mol. The van der Waals surface area contributed by atoms with Crippen LogP contribution in [-0.2, 0) is 14.9 Å². The number of nitrogens with one attached hydrogen (secondary N) is 2. The number of amides is 2. The zero-order valence-corrected chi connectivity index (χ0v) is 29.7. The van der Waals surface area contributed by atoms with E-state index in [9.17, 15) is 18.0 Å². The molecular formula is C38H43ClN2O6S. The van der Waals surface area contributed by atoms with Crippen LogP contribution in [0.25, 0.3) is 11.1 Å². The molecule has 0 radical (unpaired) electrons. The summed E-state index contributed by atoms with van der Waals surface area (Å²) in [7, 11) is -4.19. The first kappa shape index (κ1) is 36.7. The Morgan fingerprint density at radius 1 is 0.854 bits per heavy atom. The van der Waals surface area contributed by atoms with Crippen molar-refractivity contribution in [3.8, 4) is 16.9 Å². The molecule has 48 heavy (non-hydrogen) atoms. The highest BCUT2D eigenvalue weighted by atomic mass is 35.5. The van der Waals surface area contributed by atoms with E-state index in [1.54, 1.807) is 24.3 Å². The van der Waals surface area contributed by atoms with Crippen LogP contribution in [0.4, 0.5) is 5.69 Å². The highest BCUT2D eigenvalue weighted by Crippen LogP contribution is 2.36. The molecule has 10 heteroatoms. The van der Waals surface area contributed by atoms with Crippen molar-refractivity contribution in [1.82, 2.24) is 5.32 Å². The fourth-order valence-corrected chi connectivity index (χ4v) is 6.04. The Bertz CT molecular complexity index is 1870. The molecule has 0 aromatic heterocycles. The largest absolute Gasteiger partial charge is 0.493 e. The molecule has 4 aromatic carbocycles. The molecule has 3 N–H and O–H groups in total. The van der Waals surface area contributed by atoms with Crippen molar-refractivity contribution in [3.63, 3.8) is 0 Å². The molecule has 0 saturated heterocycles. The number of hydrogen-bond acceptors (Lipinski definition) is 5. The lowest BCUT2D eigenvalue weighted by Gasteiger charge is -2.25. The number of carbonyl (C=O) groups excluding carboxylic acids is 2. The Balaban J connectivity index is 1.59. The highest BCUT2D eigenvalue weighted by molar-refractivity contribution is 7.85. The minimum Gasteiger partial charge on any atom is -0.493 e. The number of halogens is 1. The molecule has 0 bridgehead atoms. The van der Waals surface area contributed by atoms with Gasteiger partial charge >= 0.3 is 0 Å². The molecule has 2 unspecified atom stereocenters. The van der Waals surface area contributed by atoms with Crippen LogP contribution in [0.15, 0.2) is 84.9 Å². The van der Waals surface area contributed by atoms with Gasteiger partial charge in [-0.2, -0.15) is 8.42 Å². The molecule has 8 nitrogen and oxygen atoms in total. The minimum atomic E-state index is -4.19. The van der Waals surface area contributed by atoms with Gasteiger partial charge < -0.3 is 15.4 Å². The van der Waals surface area contributed by atoms with Crippen LogP contribution in [0.1, 0.15) is 72.1 Å². The third-order valence-electron chi connectivity index (χ3n) is 8.01. The van der Waals surface area contributed by atoms with Gasteiger partial charge in [0.2, 0.25) is 5.91 Å². The van der Waals surface area contributed by atoms with Crippen LogP contribution in [0.3, 0.4) is 0 Å². The van der Waals surface area contributed by atoms with Crippen LogP contribution >= 0.6 is 11.6 Å². The molecule has 0 saturated carbocycles. The predicted molar refractivity (Wildman–Crippen MR) is 193 cm³/mol. The summed E-state index contributed by atoms with van der Waals surface area (Å²) >= 11 is 6.17. The number of rotatable bonds is 12.